The van der Waals surface area contributed by atoms with Gasteiger partial charge < -0.3 is 15.0 Å². The fraction of sp³-hybridized carbons (Fsp3) is 0.304. The Hall–Kier alpha value is -2.73. The molecule has 29 heavy (non-hydrogen) atoms. The van der Waals surface area contributed by atoms with Crippen molar-refractivity contribution in [1.29, 1.82) is 0 Å². The van der Waals surface area contributed by atoms with Crippen LogP contribution < -0.4 is 10.1 Å². The van der Waals surface area contributed by atoms with Gasteiger partial charge in [0.25, 0.3) is 0 Å². The van der Waals surface area contributed by atoms with Gasteiger partial charge in [-0.15, -0.1) is 11.8 Å². The number of amides is 2. The number of nitrogens with zero attached hydrogens (tertiary/aromatic N) is 1. The lowest BCUT2D eigenvalue weighted by molar-refractivity contribution is -0.132. The Bertz CT molecular complexity index is 955. The Labute approximate surface area is 176 Å². The van der Waals surface area contributed by atoms with Crippen molar-refractivity contribution < 1.29 is 14.3 Å². The lowest BCUT2D eigenvalue weighted by atomic mass is 10.1. The molecule has 1 saturated heterocycles. The smallest absolute Gasteiger partial charge is 0.248 e. The Morgan fingerprint density at radius 1 is 1.17 bits per heavy atom. The molecular formula is C23H26N2O3S. The standard InChI is InChI=1S/C23H26N2O3S/c1-15-9-10-18(11-16(15)2)24-23(27)20-13-29-14-25(20)22(26)12-17(3)19-7-5-6-8-21(19)28-4/h5-12,20H,13-14H2,1-4H3,(H,24,27)/b17-12+. The van der Waals surface area contributed by atoms with Crippen LogP contribution in [0.4, 0.5) is 5.69 Å². The van der Waals surface area contributed by atoms with Crippen LogP contribution in [0.2, 0.25) is 0 Å². The summed E-state index contributed by atoms with van der Waals surface area (Å²) in [5, 5.41) is 2.95. The van der Waals surface area contributed by atoms with Crippen molar-refractivity contribution in [3.8, 4) is 5.75 Å². The van der Waals surface area contributed by atoms with E-state index in [0.29, 0.717) is 17.4 Å². The summed E-state index contributed by atoms with van der Waals surface area (Å²) < 4.78 is 5.38. The highest BCUT2D eigenvalue weighted by atomic mass is 32.2. The first kappa shape index (κ1) is 21.0. The fourth-order valence-corrected chi connectivity index (χ4v) is 4.40. The predicted octanol–water partition coefficient (Wildman–Crippen LogP) is 4.26. The van der Waals surface area contributed by atoms with Gasteiger partial charge in [0.2, 0.25) is 11.8 Å². The third kappa shape index (κ3) is 4.82. The number of nitrogens with one attached hydrogen (secondary N) is 1. The summed E-state index contributed by atoms with van der Waals surface area (Å²) in [6.07, 6.45) is 1.58. The van der Waals surface area contributed by atoms with E-state index in [-0.39, 0.29) is 11.8 Å². The first-order valence-corrected chi connectivity index (χ1v) is 10.6. The van der Waals surface area contributed by atoms with Gasteiger partial charge in [0.1, 0.15) is 11.8 Å². The molecule has 1 aliphatic rings. The van der Waals surface area contributed by atoms with Crippen LogP contribution in [-0.2, 0) is 9.59 Å². The van der Waals surface area contributed by atoms with E-state index in [9.17, 15) is 9.59 Å². The van der Waals surface area contributed by atoms with Gasteiger partial charge in [-0.05, 0) is 55.7 Å². The molecule has 0 aliphatic carbocycles. The Morgan fingerprint density at radius 2 is 1.93 bits per heavy atom. The van der Waals surface area contributed by atoms with Gasteiger partial charge in [-0.1, -0.05) is 24.3 Å². The Kier molecular flexibility index (Phi) is 6.64. The summed E-state index contributed by atoms with van der Waals surface area (Å²) in [5.41, 5.74) is 4.72. The molecule has 1 N–H and O–H groups in total. The van der Waals surface area contributed by atoms with Gasteiger partial charge in [0, 0.05) is 23.1 Å². The van der Waals surface area contributed by atoms with Crippen molar-refractivity contribution in [2.24, 2.45) is 0 Å². The van der Waals surface area contributed by atoms with E-state index in [1.165, 1.54) is 5.56 Å². The summed E-state index contributed by atoms with van der Waals surface area (Å²) in [6.45, 7) is 5.92. The number of hydrogen-bond donors (Lipinski definition) is 1. The molecule has 1 fully saturated rings. The second-order valence-corrected chi connectivity index (χ2v) is 8.14. The van der Waals surface area contributed by atoms with E-state index in [1.54, 1.807) is 29.8 Å². The summed E-state index contributed by atoms with van der Waals surface area (Å²) in [7, 11) is 1.61. The van der Waals surface area contributed by atoms with Gasteiger partial charge in [0.05, 0.1) is 13.0 Å². The Balaban J connectivity index is 1.74. The zero-order valence-electron chi connectivity index (χ0n) is 17.2. The average molecular weight is 411 g/mol. The number of anilines is 1. The normalized spacial score (nSPS) is 16.6. The van der Waals surface area contributed by atoms with E-state index in [4.69, 9.17) is 4.74 Å². The second-order valence-electron chi connectivity index (χ2n) is 7.14. The van der Waals surface area contributed by atoms with Crippen LogP contribution in [0.1, 0.15) is 23.6 Å². The van der Waals surface area contributed by atoms with Crippen molar-refractivity contribution in [2.45, 2.75) is 26.8 Å². The zero-order chi connectivity index (χ0) is 21.0. The number of ether oxygens (including phenoxy) is 1. The third-order valence-corrected chi connectivity index (χ3v) is 6.13. The van der Waals surface area contributed by atoms with E-state index >= 15 is 0 Å². The number of benzene rings is 2. The maximum atomic E-state index is 12.9. The minimum Gasteiger partial charge on any atom is -0.496 e. The highest BCUT2D eigenvalue weighted by molar-refractivity contribution is 7.99. The molecule has 3 rings (SSSR count). The minimum absolute atomic E-state index is 0.157. The van der Waals surface area contributed by atoms with E-state index in [1.807, 2.05) is 63.2 Å². The molecular weight excluding hydrogens is 384 g/mol. The van der Waals surface area contributed by atoms with E-state index in [2.05, 4.69) is 5.32 Å². The van der Waals surface area contributed by atoms with Crippen molar-refractivity contribution in [3.05, 3.63) is 65.2 Å². The molecule has 6 heteroatoms. The van der Waals surface area contributed by atoms with Crippen LogP contribution in [-0.4, -0.2) is 41.5 Å². The monoisotopic (exact) mass is 410 g/mol. The number of aryl methyl sites for hydroxylation is 2. The van der Waals surface area contributed by atoms with Crippen LogP contribution in [0.25, 0.3) is 5.57 Å². The topological polar surface area (TPSA) is 58.6 Å². The number of carbonyl (C=O) groups is 2. The number of allylic oxidation sites excluding steroid dienone is 1. The molecule has 152 valence electrons. The van der Waals surface area contributed by atoms with Crippen molar-refractivity contribution in [3.63, 3.8) is 0 Å². The summed E-state index contributed by atoms with van der Waals surface area (Å²) >= 11 is 1.58. The van der Waals surface area contributed by atoms with Crippen LogP contribution in [0.15, 0.2) is 48.5 Å². The molecule has 1 aliphatic heterocycles. The lowest BCUT2D eigenvalue weighted by Gasteiger charge is -2.22. The molecule has 0 bridgehead atoms. The van der Waals surface area contributed by atoms with Gasteiger partial charge in [-0.3, -0.25) is 9.59 Å². The molecule has 2 amide bonds. The third-order valence-electron chi connectivity index (χ3n) is 5.11. The number of methoxy groups -OCH3 is 1. The van der Waals surface area contributed by atoms with Gasteiger partial charge in [-0.2, -0.15) is 0 Å². The van der Waals surface area contributed by atoms with E-state index < -0.39 is 6.04 Å². The maximum absolute atomic E-state index is 12.9. The van der Waals surface area contributed by atoms with Crippen LogP contribution >= 0.6 is 11.8 Å². The summed E-state index contributed by atoms with van der Waals surface area (Å²) in [5.74, 6) is 1.48. The van der Waals surface area contributed by atoms with E-state index in [0.717, 1.165) is 22.4 Å². The molecule has 0 saturated carbocycles. The average Bonchev–Trinajstić information content (AvgIpc) is 3.21. The lowest BCUT2D eigenvalue weighted by Crippen LogP contribution is -2.44. The second kappa shape index (κ2) is 9.18. The maximum Gasteiger partial charge on any atom is 0.248 e. The number of carbonyl (C=O) groups excluding carboxylic acids is 2. The highest BCUT2D eigenvalue weighted by Gasteiger charge is 2.34. The molecule has 5 nitrogen and oxygen atoms in total. The Morgan fingerprint density at radius 3 is 2.66 bits per heavy atom. The number of para-hydroxylation sites is 1. The molecule has 2 aromatic rings. The number of rotatable bonds is 5. The van der Waals surface area contributed by atoms with Crippen molar-refractivity contribution in [2.75, 3.05) is 24.1 Å². The van der Waals surface area contributed by atoms with Crippen LogP contribution in [0.5, 0.6) is 5.75 Å². The number of thioether (sulfide) groups is 1. The molecule has 2 aromatic carbocycles. The largest absolute Gasteiger partial charge is 0.496 e. The summed E-state index contributed by atoms with van der Waals surface area (Å²) in [4.78, 5) is 27.4. The predicted molar refractivity (Wildman–Crippen MR) is 119 cm³/mol. The van der Waals surface area contributed by atoms with Crippen LogP contribution in [0, 0.1) is 13.8 Å². The van der Waals surface area contributed by atoms with Gasteiger partial charge in [0.15, 0.2) is 0 Å². The summed E-state index contributed by atoms with van der Waals surface area (Å²) in [6, 6.07) is 12.9. The molecule has 1 unspecified atom stereocenters. The highest BCUT2D eigenvalue weighted by Crippen LogP contribution is 2.27. The minimum atomic E-state index is -0.490. The van der Waals surface area contributed by atoms with Gasteiger partial charge >= 0.3 is 0 Å². The molecule has 1 heterocycles. The van der Waals surface area contributed by atoms with Gasteiger partial charge in [-0.25, -0.2) is 0 Å². The fourth-order valence-electron chi connectivity index (χ4n) is 3.24. The van der Waals surface area contributed by atoms with Crippen molar-refractivity contribution >= 4 is 34.8 Å². The molecule has 0 spiro atoms. The molecule has 0 radical (unpaired) electrons. The molecule has 1 atom stereocenters. The van der Waals surface area contributed by atoms with Crippen LogP contribution in [0.3, 0.4) is 0 Å². The quantitative estimate of drug-likeness (QED) is 0.749. The zero-order valence-corrected chi connectivity index (χ0v) is 18.0. The first-order valence-electron chi connectivity index (χ1n) is 9.49. The molecule has 0 aromatic heterocycles. The number of hydrogen-bond acceptors (Lipinski definition) is 4. The SMILES string of the molecule is COc1ccccc1/C(C)=C/C(=O)N1CSCC1C(=O)Nc1ccc(C)c(C)c1. The van der Waals surface area contributed by atoms with Crippen molar-refractivity contribution in [1.82, 2.24) is 4.90 Å². The first-order chi connectivity index (χ1) is 13.9.